The number of alkyl halides is 3. The van der Waals surface area contributed by atoms with Crippen molar-refractivity contribution in [2.45, 2.75) is 38.0 Å². The number of halogens is 3. The summed E-state index contributed by atoms with van der Waals surface area (Å²) in [7, 11) is 2.06. The third kappa shape index (κ3) is 5.35. The summed E-state index contributed by atoms with van der Waals surface area (Å²) < 4.78 is 38.4. The Hall–Kier alpha value is -2.34. The molecule has 150 valence electrons. The van der Waals surface area contributed by atoms with E-state index in [-0.39, 0.29) is 11.9 Å². The van der Waals surface area contributed by atoms with Crippen molar-refractivity contribution in [1.82, 2.24) is 9.80 Å². The molecule has 0 spiro atoms. The lowest BCUT2D eigenvalue weighted by Gasteiger charge is -2.37. The molecular formula is C22H25F3N2O. The van der Waals surface area contributed by atoms with Crippen LogP contribution in [0.5, 0.6) is 0 Å². The average Bonchev–Trinajstić information content (AvgIpc) is 2.67. The fourth-order valence-corrected chi connectivity index (χ4v) is 3.60. The molecule has 28 heavy (non-hydrogen) atoms. The Morgan fingerprint density at radius 2 is 1.61 bits per heavy atom. The van der Waals surface area contributed by atoms with Crippen LogP contribution in [0.3, 0.4) is 0 Å². The first-order valence-electron chi connectivity index (χ1n) is 9.51. The highest BCUT2D eigenvalue weighted by Gasteiger charge is 2.31. The lowest BCUT2D eigenvalue weighted by atomic mass is 10.0. The van der Waals surface area contributed by atoms with Gasteiger partial charge in [0.1, 0.15) is 0 Å². The van der Waals surface area contributed by atoms with Crippen molar-refractivity contribution in [1.29, 1.82) is 0 Å². The van der Waals surface area contributed by atoms with Gasteiger partial charge in [0, 0.05) is 12.6 Å². The number of carbonyl (C=O) groups excluding carboxylic acids is 1. The maximum absolute atomic E-state index is 13.1. The topological polar surface area (TPSA) is 23.6 Å². The first-order chi connectivity index (χ1) is 13.3. The molecule has 1 heterocycles. The van der Waals surface area contributed by atoms with Gasteiger partial charge in [0.15, 0.2) is 0 Å². The summed E-state index contributed by atoms with van der Waals surface area (Å²) in [6.45, 7) is 2.15. The predicted molar refractivity (Wildman–Crippen MR) is 103 cm³/mol. The van der Waals surface area contributed by atoms with Crippen LogP contribution in [0.2, 0.25) is 0 Å². The van der Waals surface area contributed by atoms with Gasteiger partial charge in [-0.3, -0.25) is 4.79 Å². The number of carbonyl (C=O) groups is 1. The minimum atomic E-state index is -4.35. The van der Waals surface area contributed by atoms with E-state index >= 15 is 0 Å². The molecule has 1 saturated heterocycles. The molecule has 3 nitrogen and oxygen atoms in total. The summed E-state index contributed by atoms with van der Waals surface area (Å²) in [4.78, 5) is 17.1. The second-order valence-corrected chi connectivity index (χ2v) is 7.41. The summed E-state index contributed by atoms with van der Waals surface area (Å²) in [5.74, 6) is 0.0145. The maximum Gasteiger partial charge on any atom is 0.416 e. The Labute approximate surface area is 163 Å². The molecule has 1 fully saturated rings. The summed E-state index contributed by atoms with van der Waals surface area (Å²) in [6, 6.07) is 14.8. The van der Waals surface area contributed by atoms with Crippen molar-refractivity contribution < 1.29 is 18.0 Å². The molecule has 0 N–H and O–H groups in total. The van der Waals surface area contributed by atoms with Crippen molar-refractivity contribution in [2.75, 3.05) is 20.1 Å². The van der Waals surface area contributed by atoms with Crippen molar-refractivity contribution in [3.8, 4) is 0 Å². The van der Waals surface area contributed by atoms with E-state index in [1.807, 2.05) is 35.2 Å². The van der Waals surface area contributed by atoms with Crippen molar-refractivity contribution >= 4 is 5.91 Å². The van der Waals surface area contributed by atoms with E-state index < -0.39 is 11.7 Å². The van der Waals surface area contributed by atoms with Gasteiger partial charge in [-0.05, 0) is 56.2 Å². The summed E-state index contributed by atoms with van der Waals surface area (Å²) in [6.07, 6.45) is -2.31. The Morgan fingerprint density at radius 3 is 2.18 bits per heavy atom. The van der Waals surface area contributed by atoms with E-state index in [0.29, 0.717) is 18.5 Å². The van der Waals surface area contributed by atoms with Gasteiger partial charge in [-0.25, -0.2) is 0 Å². The lowest BCUT2D eigenvalue weighted by molar-refractivity contribution is -0.138. The van der Waals surface area contributed by atoms with Crippen LogP contribution in [0.15, 0.2) is 54.6 Å². The summed E-state index contributed by atoms with van der Waals surface area (Å²) in [5.41, 5.74) is 0.990. The van der Waals surface area contributed by atoms with Crippen molar-refractivity contribution in [3.05, 3.63) is 71.3 Å². The monoisotopic (exact) mass is 390 g/mol. The standard InChI is InChI=1S/C22H25F3N2O/c1-26-13-11-20(12-14-26)27(21(28)15-17-5-3-2-4-6-17)16-18-7-9-19(10-8-18)22(23,24)25/h2-10,20H,11-16H2,1H3. The number of amides is 1. The van der Waals surface area contributed by atoms with Crippen molar-refractivity contribution in [3.63, 3.8) is 0 Å². The molecule has 1 aliphatic rings. The third-order valence-electron chi connectivity index (χ3n) is 5.28. The molecule has 6 heteroatoms. The molecular weight excluding hydrogens is 365 g/mol. The van der Waals surface area contributed by atoms with Crippen LogP contribution in [0.1, 0.15) is 29.5 Å². The normalized spacial score (nSPS) is 16.1. The molecule has 0 bridgehead atoms. The van der Waals surface area contributed by atoms with Gasteiger partial charge in [0.2, 0.25) is 5.91 Å². The predicted octanol–water partition coefficient (Wildman–Crippen LogP) is 4.37. The van der Waals surface area contributed by atoms with E-state index in [1.165, 1.54) is 12.1 Å². The molecule has 0 unspecified atom stereocenters. The molecule has 0 aliphatic carbocycles. The highest BCUT2D eigenvalue weighted by atomic mass is 19.4. The van der Waals surface area contributed by atoms with Gasteiger partial charge >= 0.3 is 6.18 Å². The Balaban J connectivity index is 1.76. The van der Waals surface area contributed by atoms with E-state index in [2.05, 4.69) is 11.9 Å². The van der Waals surface area contributed by atoms with Crippen LogP contribution in [-0.4, -0.2) is 41.9 Å². The van der Waals surface area contributed by atoms with Crippen LogP contribution in [0, 0.1) is 0 Å². The number of rotatable bonds is 5. The number of hydrogen-bond acceptors (Lipinski definition) is 2. The van der Waals surface area contributed by atoms with Gasteiger partial charge in [0.25, 0.3) is 0 Å². The fourth-order valence-electron chi connectivity index (χ4n) is 3.60. The van der Waals surface area contributed by atoms with Gasteiger partial charge < -0.3 is 9.80 Å². The number of piperidine rings is 1. The fraction of sp³-hybridized carbons (Fsp3) is 0.409. The second kappa shape index (κ2) is 8.78. The van der Waals surface area contributed by atoms with Crippen LogP contribution in [0.25, 0.3) is 0 Å². The van der Waals surface area contributed by atoms with E-state index in [4.69, 9.17) is 0 Å². The second-order valence-electron chi connectivity index (χ2n) is 7.41. The molecule has 1 amide bonds. The highest BCUT2D eigenvalue weighted by molar-refractivity contribution is 5.79. The van der Waals surface area contributed by atoms with Gasteiger partial charge in [-0.1, -0.05) is 42.5 Å². The first-order valence-corrected chi connectivity index (χ1v) is 9.51. The zero-order valence-electron chi connectivity index (χ0n) is 16.0. The minimum Gasteiger partial charge on any atom is -0.335 e. The number of benzene rings is 2. The average molecular weight is 390 g/mol. The first kappa shape index (κ1) is 20.4. The lowest BCUT2D eigenvalue weighted by Crippen LogP contribution is -2.46. The molecule has 1 aliphatic heterocycles. The zero-order valence-corrected chi connectivity index (χ0v) is 16.0. The van der Waals surface area contributed by atoms with Crippen LogP contribution < -0.4 is 0 Å². The van der Waals surface area contributed by atoms with Gasteiger partial charge in [-0.2, -0.15) is 13.2 Å². The number of likely N-dealkylation sites (tertiary alicyclic amines) is 1. The van der Waals surface area contributed by atoms with Crippen LogP contribution in [0.4, 0.5) is 13.2 Å². The Kier molecular flexibility index (Phi) is 6.39. The molecule has 2 aromatic carbocycles. The van der Waals surface area contributed by atoms with Gasteiger partial charge in [0.05, 0.1) is 12.0 Å². The molecule has 3 rings (SSSR count). The molecule has 0 radical (unpaired) electrons. The highest BCUT2D eigenvalue weighted by Crippen LogP contribution is 2.29. The Morgan fingerprint density at radius 1 is 1.00 bits per heavy atom. The Bertz CT molecular complexity index is 767. The minimum absolute atomic E-state index is 0.0145. The molecule has 0 aromatic heterocycles. The molecule has 0 saturated carbocycles. The smallest absolute Gasteiger partial charge is 0.335 e. The van der Waals surface area contributed by atoms with E-state index in [1.54, 1.807) is 0 Å². The molecule has 0 atom stereocenters. The van der Waals surface area contributed by atoms with Gasteiger partial charge in [-0.15, -0.1) is 0 Å². The van der Waals surface area contributed by atoms with Crippen molar-refractivity contribution in [2.24, 2.45) is 0 Å². The zero-order chi connectivity index (χ0) is 20.1. The number of nitrogens with zero attached hydrogens (tertiary/aromatic N) is 2. The van der Waals surface area contributed by atoms with Crippen LogP contribution in [-0.2, 0) is 23.9 Å². The molecule has 2 aromatic rings. The SMILES string of the molecule is CN1CCC(N(Cc2ccc(C(F)(F)F)cc2)C(=O)Cc2ccccc2)CC1. The van der Waals surface area contributed by atoms with E-state index in [0.717, 1.165) is 43.6 Å². The summed E-state index contributed by atoms with van der Waals surface area (Å²) in [5, 5.41) is 0. The van der Waals surface area contributed by atoms with Crippen LogP contribution >= 0.6 is 0 Å². The maximum atomic E-state index is 13.1. The largest absolute Gasteiger partial charge is 0.416 e. The quantitative estimate of drug-likeness (QED) is 0.757. The van der Waals surface area contributed by atoms with E-state index in [9.17, 15) is 18.0 Å². The number of hydrogen-bond donors (Lipinski definition) is 0. The third-order valence-corrected chi connectivity index (χ3v) is 5.28. The summed E-state index contributed by atoms with van der Waals surface area (Å²) >= 11 is 0.